The van der Waals surface area contributed by atoms with Gasteiger partial charge in [0.2, 0.25) is 0 Å². The van der Waals surface area contributed by atoms with E-state index >= 15 is 0 Å². The zero-order valence-corrected chi connectivity index (χ0v) is 27.5. The molecule has 0 bridgehead atoms. The standard InChI is InChI=1S/C38H71NO/c1-4-6-8-10-12-14-16-18-20-22-24-26-28-30-32-34-36-39(38(3)40)37-35-33-31-29-27-25-23-21-19-17-15-13-11-9-7-5-2/h12-15,18-21,38,40H,4-11,16-17,22-37H2,1-3H3/b14-12-,15-13-,20-18-,21-19-. The molecule has 0 aliphatic carbocycles. The molecular formula is C38H71NO. The SMILES string of the molecule is CCCCC/C=C\C/C=C\CCCCCCCCN(CCCCCCCC/C=C\C/C=C\CCCCC)C(C)O. The van der Waals surface area contributed by atoms with Gasteiger partial charge >= 0.3 is 0 Å². The van der Waals surface area contributed by atoms with E-state index in [2.05, 4.69) is 67.4 Å². The van der Waals surface area contributed by atoms with Crippen molar-refractivity contribution in [3.63, 3.8) is 0 Å². The number of hydrogen-bond donors (Lipinski definition) is 1. The summed E-state index contributed by atoms with van der Waals surface area (Å²) in [6.07, 6.45) is 49.3. The summed E-state index contributed by atoms with van der Waals surface area (Å²) in [5.74, 6) is 0. The first-order valence-corrected chi connectivity index (χ1v) is 17.7. The lowest BCUT2D eigenvalue weighted by Crippen LogP contribution is -2.34. The summed E-state index contributed by atoms with van der Waals surface area (Å²) in [4.78, 5) is 2.28. The van der Waals surface area contributed by atoms with E-state index in [9.17, 15) is 5.11 Å². The van der Waals surface area contributed by atoms with Crippen LogP contribution >= 0.6 is 0 Å². The molecule has 0 aromatic heterocycles. The Bertz CT molecular complexity index is 540. The quantitative estimate of drug-likeness (QED) is 0.0520. The average molecular weight is 558 g/mol. The summed E-state index contributed by atoms with van der Waals surface area (Å²) in [7, 11) is 0. The zero-order chi connectivity index (χ0) is 29.2. The highest BCUT2D eigenvalue weighted by Gasteiger charge is 2.09. The van der Waals surface area contributed by atoms with Crippen LogP contribution in [0.15, 0.2) is 48.6 Å². The summed E-state index contributed by atoms with van der Waals surface area (Å²) >= 11 is 0. The van der Waals surface area contributed by atoms with Gasteiger partial charge in [0, 0.05) is 13.1 Å². The molecule has 0 radical (unpaired) electrons. The number of rotatable bonds is 31. The Morgan fingerprint density at radius 3 is 1.05 bits per heavy atom. The van der Waals surface area contributed by atoms with Crippen LogP contribution in [0, 0.1) is 0 Å². The van der Waals surface area contributed by atoms with Crippen LogP contribution in [0.25, 0.3) is 0 Å². The minimum Gasteiger partial charge on any atom is -0.379 e. The second kappa shape index (κ2) is 34.1. The van der Waals surface area contributed by atoms with Gasteiger partial charge in [0.25, 0.3) is 0 Å². The van der Waals surface area contributed by atoms with Crippen molar-refractivity contribution in [1.82, 2.24) is 4.90 Å². The van der Waals surface area contributed by atoms with E-state index in [4.69, 9.17) is 0 Å². The fourth-order valence-electron chi connectivity index (χ4n) is 5.09. The molecule has 0 heterocycles. The van der Waals surface area contributed by atoms with E-state index < -0.39 is 0 Å². The van der Waals surface area contributed by atoms with Crippen LogP contribution in [0.4, 0.5) is 0 Å². The Morgan fingerprint density at radius 1 is 0.425 bits per heavy atom. The van der Waals surface area contributed by atoms with Crippen LogP contribution in [0.2, 0.25) is 0 Å². The van der Waals surface area contributed by atoms with Crippen molar-refractivity contribution in [3.8, 4) is 0 Å². The Kier molecular flexibility index (Phi) is 33.1. The van der Waals surface area contributed by atoms with Crippen LogP contribution in [0.3, 0.4) is 0 Å². The normalized spacial score (nSPS) is 13.3. The van der Waals surface area contributed by atoms with Crippen LogP contribution in [0.5, 0.6) is 0 Å². The number of hydrogen-bond acceptors (Lipinski definition) is 2. The van der Waals surface area contributed by atoms with Crippen LogP contribution < -0.4 is 0 Å². The first kappa shape index (κ1) is 38.9. The summed E-state index contributed by atoms with van der Waals surface area (Å²) < 4.78 is 0. The molecule has 0 aliphatic heterocycles. The average Bonchev–Trinajstić information content (AvgIpc) is 2.95. The Balaban J connectivity index is 3.53. The molecular weight excluding hydrogens is 486 g/mol. The van der Waals surface area contributed by atoms with E-state index in [0.717, 1.165) is 25.9 Å². The van der Waals surface area contributed by atoms with Crippen molar-refractivity contribution >= 4 is 0 Å². The summed E-state index contributed by atoms with van der Waals surface area (Å²) in [5.41, 5.74) is 0. The molecule has 0 saturated carbocycles. The smallest absolute Gasteiger partial charge is 0.104 e. The van der Waals surface area contributed by atoms with Crippen LogP contribution in [0.1, 0.15) is 175 Å². The number of aliphatic hydroxyl groups is 1. The number of aliphatic hydroxyl groups excluding tert-OH is 1. The van der Waals surface area contributed by atoms with Crippen molar-refractivity contribution < 1.29 is 5.11 Å². The summed E-state index contributed by atoms with van der Waals surface area (Å²) in [6, 6.07) is 0. The van der Waals surface area contributed by atoms with Gasteiger partial charge in [0.15, 0.2) is 0 Å². The molecule has 2 nitrogen and oxygen atoms in total. The third-order valence-electron chi connectivity index (χ3n) is 7.82. The maximum Gasteiger partial charge on any atom is 0.104 e. The van der Waals surface area contributed by atoms with E-state index in [1.54, 1.807) is 0 Å². The van der Waals surface area contributed by atoms with Gasteiger partial charge in [-0.2, -0.15) is 0 Å². The highest BCUT2D eigenvalue weighted by atomic mass is 16.3. The third-order valence-corrected chi connectivity index (χ3v) is 7.82. The van der Waals surface area contributed by atoms with E-state index in [-0.39, 0.29) is 6.23 Å². The van der Waals surface area contributed by atoms with Gasteiger partial charge in [-0.1, -0.05) is 140 Å². The molecule has 40 heavy (non-hydrogen) atoms. The van der Waals surface area contributed by atoms with Crippen molar-refractivity contribution in [2.45, 2.75) is 181 Å². The number of allylic oxidation sites excluding steroid dienone is 8. The molecule has 0 aliphatic rings. The number of unbranched alkanes of at least 4 members (excludes halogenated alkanes) is 18. The molecule has 2 heteroatoms. The molecule has 1 unspecified atom stereocenters. The third kappa shape index (κ3) is 31.4. The maximum absolute atomic E-state index is 10.2. The molecule has 0 saturated heterocycles. The fraction of sp³-hybridized carbons (Fsp3) is 0.789. The van der Waals surface area contributed by atoms with Gasteiger partial charge in [-0.05, 0) is 84.0 Å². The molecule has 0 aromatic rings. The Labute approximate surface area is 252 Å². The minimum absolute atomic E-state index is 0.309. The predicted molar refractivity (Wildman–Crippen MR) is 182 cm³/mol. The molecule has 0 rings (SSSR count). The van der Waals surface area contributed by atoms with Gasteiger partial charge in [-0.15, -0.1) is 0 Å². The summed E-state index contributed by atoms with van der Waals surface area (Å²) in [5, 5.41) is 10.2. The van der Waals surface area contributed by atoms with Gasteiger partial charge in [-0.25, -0.2) is 0 Å². The molecule has 1 N–H and O–H groups in total. The van der Waals surface area contributed by atoms with E-state index in [1.165, 1.54) is 141 Å². The van der Waals surface area contributed by atoms with Crippen molar-refractivity contribution in [2.24, 2.45) is 0 Å². The van der Waals surface area contributed by atoms with Crippen molar-refractivity contribution in [1.29, 1.82) is 0 Å². The van der Waals surface area contributed by atoms with Crippen LogP contribution in [-0.2, 0) is 0 Å². The largest absolute Gasteiger partial charge is 0.379 e. The Hall–Kier alpha value is -1.12. The first-order chi connectivity index (χ1) is 19.7. The second-order valence-electron chi connectivity index (χ2n) is 11.8. The van der Waals surface area contributed by atoms with E-state index in [0.29, 0.717) is 0 Å². The molecule has 234 valence electrons. The first-order valence-electron chi connectivity index (χ1n) is 17.7. The lowest BCUT2D eigenvalue weighted by atomic mass is 10.1. The highest BCUT2D eigenvalue weighted by Crippen LogP contribution is 2.12. The molecule has 0 spiro atoms. The van der Waals surface area contributed by atoms with Gasteiger partial charge in [0.05, 0.1) is 0 Å². The fourth-order valence-corrected chi connectivity index (χ4v) is 5.09. The van der Waals surface area contributed by atoms with Gasteiger partial charge < -0.3 is 5.11 Å². The maximum atomic E-state index is 10.2. The van der Waals surface area contributed by atoms with E-state index in [1.807, 2.05) is 6.92 Å². The zero-order valence-electron chi connectivity index (χ0n) is 27.5. The van der Waals surface area contributed by atoms with Gasteiger partial charge in [-0.3, -0.25) is 4.90 Å². The van der Waals surface area contributed by atoms with Crippen LogP contribution in [-0.4, -0.2) is 29.3 Å². The Morgan fingerprint density at radius 2 is 0.725 bits per heavy atom. The minimum atomic E-state index is -0.309. The molecule has 0 aromatic carbocycles. The monoisotopic (exact) mass is 558 g/mol. The second-order valence-corrected chi connectivity index (χ2v) is 11.8. The van der Waals surface area contributed by atoms with Gasteiger partial charge in [0.1, 0.15) is 6.23 Å². The van der Waals surface area contributed by atoms with Crippen molar-refractivity contribution in [2.75, 3.05) is 13.1 Å². The predicted octanol–water partition coefficient (Wildman–Crippen LogP) is 12.3. The highest BCUT2D eigenvalue weighted by molar-refractivity contribution is 4.93. The van der Waals surface area contributed by atoms with Crippen molar-refractivity contribution in [3.05, 3.63) is 48.6 Å². The lowest BCUT2D eigenvalue weighted by molar-refractivity contribution is 0.0163. The number of nitrogens with zero attached hydrogens (tertiary/aromatic N) is 1. The topological polar surface area (TPSA) is 23.5 Å². The summed E-state index contributed by atoms with van der Waals surface area (Å²) in [6.45, 7) is 8.56. The molecule has 1 atom stereocenters. The molecule has 0 fully saturated rings. The lowest BCUT2D eigenvalue weighted by Gasteiger charge is -2.25. The molecule has 0 amide bonds.